The van der Waals surface area contributed by atoms with Crippen LogP contribution in [0.5, 0.6) is 0 Å². The Kier molecular flexibility index (Phi) is 5.66. The fourth-order valence-electron chi connectivity index (χ4n) is 4.59. The molecule has 2 aromatic carbocycles. The Bertz CT molecular complexity index is 1160. The molecule has 5 rings (SSSR count). The first kappa shape index (κ1) is 21.3. The monoisotopic (exact) mass is 448 g/mol. The number of aromatic nitrogens is 2. The minimum absolute atomic E-state index is 0.000866. The maximum atomic E-state index is 13.3. The molecular weight excluding hydrogens is 423 g/mol. The zero-order valence-electron chi connectivity index (χ0n) is 18.4. The summed E-state index contributed by atoms with van der Waals surface area (Å²) in [4.78, 5) is 29.4. The molecule has 2 fully saturated rings. The second-order valence-electron chi connectivity index (χ2n) is 8.82. The van der Waals surface area contributed by atoms with E-state index in [2.05, 4.69) is 10.2 Å². The molecule has 3 heterocycles. The average Bonchev–Trinajstić information content (AvgIpc) is 3.47. The maximum absolute atomic E-state index is 13.3. The minimum Gasteiger partial charge on any atom is -0.420 e. The Labute approximate surface area is 191 Å². The highest BCUT2D eigenvalue weighted by atomic mass is 19.1. The fraction of sp³-hybridized carbons (Fsp3) is 0.360. The van der Waals surface area contributed by atoms with Crippen molar-refractivity contribution in [2.24, 2.45) is 5.92 Å². The van der Waals surface area contributed by atoms with Gasteiger partial charge in [-0.3, -0.25) is 9.59 Å². The van der Waals surface area contributed by atoms with Crippen molar-refractivity contribution in [1.82, 2.24) is 15.1 Å². The van der Waals surface area contributed by atoms with Gasteiger partial charge in [-0.05, 0) is 56.2 Å². The highest BCUT2D eigenvalue weighted by molar-refractivity contribution is 6.00. The number of carbonyl (C=O) groups is 2. The Balaban J connectivity index is 1.25. The van der Waals surface area contributed by atoms with Crippen molar-refractivity contribution in [3.63, 3.8) is 0 Å². The van der Waals surface area contributed by atoms with Crippen LogP contribution in [-0.2, 0) is 9.59 Å². The van der Waals surface area contributed by atoms with Crippen LogP contribution in [-0.4, -0.2) is 46.5 Å². The first-order chi connectivity index (χ1) is 16.0. The number of hydrogen-bond donors (Lipinski definition) is 0. The average molecular weight is 448 g/mol. The quantitative estimate of drug-likeness (QED) is 0.604. The topological polar surface area (TPSA) is 79.5 Å². The van der Waals surface area contributed by atoms with E-state index < -0.39 is 0 Å². The number of nitrogens with zero attached hydrogens (tertiary/aromatic N) is 4. The molecule has 0 aliphatic carbocycles. The van der Waals surface area contributed by atoms with Crippen molar-refractivity contribution in [2.45, 2.75) is 32.1 Å². The molecule has 3 aromatic rings. The summed E-state index contributed by atoms with van der Waals surface area (Å²) in [7, 11) is 0. The zero-order chi connectivity index (χ0) is 22.9. The van der Waals surface area contributed by atoms with E-state index in [0.717, 1.165) is 24.1 Å². The van der Waals surface area contributed by atoms with Gasteiger partial charge in [-0.15, -0.1) is 10.2 Å². The largest absolute Gasteiger partial charge is 0.420 e. The van der Waals surface area contributed by atoms with E-state index in [1.807, 2.05) is 36.1 Å². The maximum Gasteiger partial charge on any atom is 0.247 e. The van der Waals surface area contributed by atoms with Crippen molar-refractivity contribution in [1.29, 1.82) is 0 Å². The van der Waals surface area contributed by atoms with Gasteiger partial charge in [0.2, 0.25) is 23.6 Å². The molecule has 2 saturated heterocycles. The molecule has 0 N–H and O–H groups in total. The van der Waals surface area contributed by atoms with Crippen LogP contribution < -0.4 is 4.90 Å². The van der Waals surface area contributed by atoms with E-state index in [1.54, 1.807) is 17.0 Å². The number of benzene rings is 2. The molecule has 0 spiro atoms. The zero-order valence-corrected chi connectivity index (χ0v) is 18.4. The summed E-state index contributed by atoms with van der Waals surface area (Å²) in [5.74, 6) is 0.0581. The van der Waals surface area contributed by atoms with Crippen LogP contribution in [0.4, 0.5) is 10.1 Å². The van der Waals surface area contributed by atoms with Crippen LogP contribution in [0.2, 0.25) is 0 Å². The summed E-state index contributed by atoms with van der Waals surface area (Å²) in [6.07, 6.45) is 1.89. The van der Waals surface area contributed by atoms with Crippen molar-refractivity contribution < 1.29 is 18.4 Å². The van der Waals surface area contributed by atoms with Crippen LogP contribution in [0.15, 0.2) is 52.9 Å². The van der Waals surface area contributed by atoms with Crippen molar-refractivity contribution in [3.8, 4) is 11.5 Å². The van der Waals surface area contributed by atoms with Crippen molar-refractivity contribution >= 4 is 17.5 Å². The lowest BCUT2D eigenvalue weighted by molar-refractivity contribution is -0.137. The number of aryl methyl sites for hydroxylation is 1. The number of piperidine rings is 1. The molecule has 0 radical (unpaired) electrons. The molecule has 1 aromatic heterocycles. The normalized spacial score (nSPS) is 21.0. The molecule has 7 nitrogen and oxygen atoms in total. The molecule has 0 saturated carbocycles. The van der Waals surface area contributed by atoms with Gasteiger partial charge in [0.15, 0.2) is 0 Å². The van der Waals surface area contributed by atoms with Gasteiger partial charge >= 0.3 is 0 Å². The van der Waals surface area contributed by atoms with Gasteiger partial charge in [0.05, 0.1) is 11.8 Å². The Hall–Kier alpha value is -3.55. The number of halogens is 1. The lowest BCUT2D eigenvalue weighted by Crippen LogP contribution is -2.43. The molecule has 8 heteroatoms. The fourth-order valence-corrected chi connectivity index (χ4v) is 4.59. The van der Waals surface area contributed by atoms with Crippen molar-refractivity contribution in [2.75, 3.05) is 24.5 Å². The number of hydrogen-bond acceptors (Lipinski definition) is 5. The van der Waals surface area contributed by atoms with Crippen LogP contribution >= 0.6 is 0 Å². The number of amides is 2. The third kappa shape index (κ3) is 4.37. The molecule has 2 atom stereocenters. The predicted molar refractivity (Wildman–Crippen MR) is 120 cm³/mol. The van der Waals surface area contributed by atoms with Gasteiger partial charge in [-0.25, -0.2) is 4.39 Å². The molecule has 2 unspecified atom stereocenters. The number of rotatable bonds is 4. The van der Waals surface area contributed by atoms with Crippen LogP contribution in [0, 0.1) is 18.7 Å². The number of likely N-dealkylation sites (tertiary alicyclic amines) is 1. The van der Waals surface area contributed by atoms with E-state index in [0.29, 0.717) is 37.0 Å². The second-order valence-corrected chi connectivity index (χ2v) is 8.82. The molecule has 0 bridgehead atoms. The Morgan fingerprint density at radius 3 is 2.58 bits per heavy atom. The summed E-state index contributed by atoms with van der Waals surface area (Å²) in [5, 5.41) is 8.29. The van der Waals surface area contributed by atoms with E-state index in [9.17, 15) is 14.0 Å². The lowest BCUT2D eigenvalue weighted by atomic mass is 9.96. The molecule has 33 heavy (non-hydrogen) atoms. The van der Waals surface area contributed by atoms with Gasteiger partial charge in [0, 0.05) is 37.3 Å². The van der Waals surface area contributed by atoms with Crippen LogP contribution in [0.3, 0.4) is 0 Å². The molecular formula is C25H25FN4O3. The lowest BCUT2D eigenvalue weighted by Gasteiger charge is -2.32. The summed E-state index contributed by atoms with van der Waals surface area (Å²) in [5.41, 5.74) is 2.61. The summed E-state index contributed by atoms with van der Waals surface area (Å²) in [6, 6.07) is 13.7. The SMILES string of the molecule is Cc1ccc(N2CC(C(=O)N3CCCC(c4nnc(-c5ccc(F)cc5)o4)C3)CC2=O)cc1. The first-order valence-corrected chi connectivity index (χ1v) is 11.2. The number of carbonyl (C=O) groups excluding carboxylic acids is 2. The summed E-state index contributed by atoms with van der Waals surface area (Å²) < 4.78 is 19.0. The molecule has 2 amide bonds. The van der Waals surface area contributed by atoms with E-state index in [1.165, 1.54) is 12.1 Å². The van der Waals surface area contributed by atoms with E-state index in [-0.39, 0.29) is 35.9 Å². The third-order valence-electron chi connectivity index (χ3n) is 6.43. The predicted octanol–water partition coefficient (Wildman–Crippen LogP) is 3.94. The van der Waals surface area contributed by atoms with Gasteiger partial charge < -0.3 is 14.2 Å². The van der Waals surface area contributed by atoms with Crippen LogP contribution in [0.25, 0.3) is 11.5 Å². The van der Waals surface area contributed by atoms with Crippen LogP contribution in [0.1, 0.15) is 36.6 Å². The molecule has 2 aliphatic rings. The first-order valence-electron chi connectivity index (χ1n) is 11.2. The van der Waals surface area contributed by atoms with Gasteiger partial charge in [-0.1, -0.05) is 17.7 Å². The molecule has 2 aliphatic heterocycles. The summed E-state index contributed by atoms with van der Waals surface area (Å²) >= 11 is 0. The highest BCUT2D eigenvalue weighted by Gasteiger charge is 2.39. The smallest absolute Gasteiger partial charge is 0.247 e. The van der Waals surface area contributed by atoms with E-state index in [4.69, 9.17) is 4.42 Å². The standard InChI is InChI=1S/C25H25FN4O3/c1-16-4-10-21(11-5-16)30-15-19(13-22(30)31)25(32)29-12-2-3-18(14-29)24-28-27-23(33-24)17-6-8-20(26)9-7-17/h4-11,18-19H,2-3,12-15H2,1H3. The minimum atomic E-state index is -0.352. The van der Waals surface area contributed by atoms with Gasteiger partial charge in [0.25, 0.3) is 0 Å². The summed E-state index contributed by atoms with van der Waals surface area (Å²) in [6.45, 7) is 3.54. The van der Waals surface area contributed by atoms with Gasteiger partial charge in [-0.2, -0.15) is 0 Å². The Morgan fingerprint density at radius 1 is 1.06 bits per heavy atom. The van der Waals surface area contributed by atoms with Crippen molar-refractivity contribution in [3.05, 3.63) is 65.8 Å². The molecule has 170 valence electrons. The number of anilines is 1. The third-order valence-corrected chi connectivity index (χ3v) is 6.43. The highest BCUT2D eigenvalue weighted by Crippen LogP contribution is 2.31. The van der Waals surface area contributed by atoms with Gasteiger partial charge in [0.1, 0.15) is 5.82 Å². The Morgan fingerprint density at radius 2 is 1.82 bits per heavy atom. The second kappa shape index (κ2) is 8.77. The van der Waals surface area contributed by atoms with E-state index >= 15 is 0 Å².